The second-order valence-electron chi connectivity index (χ2n) is 5.76. The third-order valence-electron chi connectivity index (χ3n) is 3.81. The molecule has 0 aromatic rings. The van der Waals surface area contributed by atoms with Gasteiger partial charge < -0.3 is 20.3 Å². The first kappa shape index (κ1) is 19.9. The molecule has 24 heavy (non-hydrogen) atoms. The van der Waals surface area contributed by atoms with Crippen LogP contribution in [0.1, 0.15) is 64.2 Å². The molecule has 0 heterocycles. The lowest BCUT2D eigenvalue weighted by Crippen LogP contribution is -2.25. The molecule has 138 valence electrons. The van der Waals surface area contributed by atoms with E-state index < -0.39 is 18.4 Å². The van der Waals surface area contributed by atoms with Crippen LogP contribution < -0.4 is 5.73 Å². The van der Waals surface area contributed by atoms with Crippen LogP contribution >= 0.6 is 0 Å². The molecular formula is C15H25NO8. The molecule has 2 fully saturated rings. The van der Waals surface area contributed by atoms with E-state index in [2.05, 4.69) is 15.5 Å². The van der Waals surface area contributed by atoms with E-state index in [1.165, 1.54) is 12.8 Å². The smallest absolute Gasteiger partial charge is 0.465 e. The standard InChI is InChI=1S/C14H22O6.CH3NO2/c15-13(17-11-7-3-1-4-8-11)19-20-14(16)18-12-9-5-2-6-10-12;2-1(3)4/h11-12H,1-10H2;2H2,(H,3,4). The van der Waals surface area contributed by atoms with Gasteiger partial charge in [-0.25, -0.2) is 4.79 Å². The van der Waals surface area contributed by atoms with E-state index in [0.717, 1.165) is 51.4 Å². The Hall–Kier alpha value is -2.19. The average molecular weight is 347 g/mol. The fourth-order valence-corrected chi connectivity index (χ4v) is 2.75. The van der Waals surface area contributed by atoms with Gasteiger partial charge >= 0.3 is 18.4 Å². The molecule has 1 amide bonds. The van der Waals surface area contributed by atoms with Crippen molar-refractivity contribution in [2.24, 2.45) is 5.73 Å². The van der Waals surface area contributed by atoms with Gasteiger partial charge in [-0.3, -0.25) is 0 Å². The Kier molecular flexibility index (Phi) is 9.40. The molecule has 0 bridgehead atoms. The molecule has 2 aliphatic carbocycles. The van der Waals surface area contributed by atoms with Crippen LogP contribution in [0.4, 0.5) is 14.4 Å². The minimum absolute atomic E-state index is 0.130. The largest absolute Gasteiger partial charge is 0.550 e. The topological polar surface area (TPSA) is 134 Å². The van der Waals surface area contributed by atoms with Crippen molar-refractivity contribution in [1.29, 1.82) is 0 Å². The van der Waals surface area contributed by atoms with Crippen molar-refractivity contribution >= 4 is 18.4 Å². The van der Waals surface area contributed by atoms with Gasteiger partial charge in [0.05, 0.1) is 0 Å². The third-order valence-corrected chi connectivity index (χ3v) is 3.81. The fourth-order valence-electron chi connectivity index (χ4n) is 2.75. The maximum atomic E-state index is 11.3. The molecule has 0 aliphatic heterocycles. The lowest BCUT2D eigenvalue weighted by Gasteiger charge is -2.21. The molecule has 3 N–H and O–H groups in total. The highest BCUT2D eigenvalue weighted by Gasteiger charge is 2.23. The van der Waals surface area contributed by atoms with Crippen molar-refractivity contribution in [1.82, 2.24) is 0 Å². The van der Waals surface area contributed by atoms with Crippen molar-refractivity contribution in [3.63, 3.8) is 0 Å². The Balaban J connectivity index is 0.000000648. The Labute approximate surface area is 140 Å². The summed E-state index contributed by atoms with van der Waals surface area (Å²) in [7, 11) is 0. The maximum absolute atomic E-state index is 11.3. The summed E-state index contributed by atoms with van der Waals surface area (Å²) in [5, 5.41) is 7.19. The van der Waals surface area contributed by atoms with Crippen LogP contribution in [0.5, 0.6) is 0 Å². The molecule has 0 unspecified atom stereocenters. The SMILES string of the molecule is NC(=O)O.O=C(OOC(=O)OC1CCCCC1)OC1CCCCC1. The summed E-state index contributed by atoms with van der Waals surface area (Å²) in [6.07, 6.45) is 6.30. The summed E-state index contributed by atoms with van der Waals surface area (Å²) >= 11 is 0. The van der Waals surface area contributed by atoms with E-state index in [1.54, 1.807) is 0 Å². The normalized spacial score (nSPS) is 18.5. The van der Waals surface area contributed by atoms with Gasteiger partial charge in [-0.1, -0.05) is 12.8 Å². The van der Waals surface area contributed by atoms with Crippen LogP contribution in [0.2, 0.25) is 0 Å². The molecule has 9 nitrogen and oxygen atoms in total. The fraction of sp³-hybridized carbons (Fsp3) is 0.800. The molecule has 0 spiro atoms. The Bertz CT molecular complexity index is 366. The van der Waals surface area contributed by atoms with Crippen LogP contribution in [-0.2, 0) is 19.2 Å². The number of carbonyl (C=O) groups excluding carboxylic acids is 2. The van der Waals surface area contributed by atoms with Gasteiger partial charge in [0.1, 0.15) is 12.2 Å². The second kappa shape index (κ2) is 11.4. The molecule has 2 saturated carbocycles. The summed E-state index contributed by atoms with van der Waals surface area (Å²) in [6, 6.07) is 0. The van der Waals surface area contributed by atoms with Crippen molar-refractivity contribution in [2.45, 2.75) is 76.4 Å². The predicted molar refractivity (Wildman–Crippen MR) is 81.1 cm³/mol. The van der Waals surface area contributed by atoms with Crippen LogP contribution in [0, 0.1) is 0 Å². The highest BCUT2D eigenvalue weighted by molar-refractivity contribution is 5.63. The van der Waals surface area contributed by atoms with Gasteiger partial charge in [0.15, 0.2) is 0 Å². The highest BCUT2D eigenvalue weighted by Crippen LogP contribution is 2.22. The van der Waals surface area contributed by atoms with Gasteiger partial charge in [0.25, 0.3) is 0 Å². The summed E-state index contributed by atoms with van der Waals surface area (Å²) in [4.78, 5) is 40.1. The van der Waals surface area contributed by atoms with Crippen LogP contribution in [-0.4, -0.2) is 35.7 Å². The minimum Gasteiger partial charge on any atom is -0.465 e. The number of hydrogen-bond acceptors (Lipinski definition) is 7. The van der Waals surface area contributed by atoms with Gasteiger partial charge in [-0.15, -0.1) is 0 Å². The number of carbonyl (C=O) groups is 3. The monoisotopic (exact) mass is 347 g/mol. The van der Waals surface area contributed by atoms with Crippen molar-refractivity contribution in [3.8, 4) is 0 Å². The number of ether oxygens (including phenoxy) is 2. The second-order valence-corrected chi connectivity index (χ2v) is 5.76. The molecule has 0 aromatic carbocycles. The lowest BCUT2D eigenvalue weighted by molar-refractivity contribution is -0.226. The third kappa shape index (κ3) is 9.75. The quantitative estimate of drug-likeness (QED) is 0.440. The molecule has 2 aliphatic rings. The van der Waals surface area contributed by atoms with Crippen LogP contribution in [0.25, 0.3) is 0 Å². The first-order chi connectivity index (χ1) is 11.5. The van der Waals surface area contributed by atoms with E-state index >= 15 is 0 Å². The Morgan fingerprint density at radius 2 is 1.00 bits per heavy atom. The van der Waals surface area contributed by atoms with Gasteiger partial charge in [-0.05, 0) is 51.4 Å². The Morgan fingerprint density at radius 1 is 0.708 bits per heavy atom. The molecule has 9 heteroatoms. The molecule has 2 rings (SSSR count). The van der Waals surface area contributed by atoms with Crippen LogP contribution in [0.3, 0.4) is 0 Å². The van der Waals surface area contributed by atoms with Gasteiger partial charge in [-0.2, -0.15) is 19.4 Å². The summed E-state index contributed by atoms with van der Waals surface area (Å²) in [5.41, 5.74) is 4.03. The van der Waals surface area contributed by atoms with Crippen molar-refractivity contribution in [3.05, 3.63) is 0 Å². The summed E-state index contributed by atoms with van der Waals surface area (Å²) < 4.78 is 10.1. The lowest BCUT2D eigenvalue weighted by atomic mass is 9.98. The average Bonchev–Trinajstić information content (AvgIpc) is 2.54. The highest BCUT2D eigenvalue weighted by atomic mass is 17.3. The predicted octanol–water partition coefficient (Wildman–Crippen LogP) is 3.50. The maximum Gasteiger partial charge on any atom is 0.550 e. The summed E-state index contributed by atoms with van der Waals surface area (Å²) in [5.74, 6) is 0. The van der Waals surface area contributed by atoms with E-state index in [4.69, 9.17) is 19.4 Å². The zero-order valence-corrected chi connectivity index (χ0v) is 13.6. The van der Waals surface area contributed by atoms with E-state index in [0.29, 0.717) is 0 Å². The molecule has 0 aromatic heterocycles. The molecule has 0 saturated heterocycles. The van der Waals surface area contributed by atoms with E-state index in [-0.39, 0.29) is 12.2 Å². The first-order valence-corrected chi connectivity index (χ1v) is 8.21. The van der Waals surface area contributed by atoms with Crippen molar-refractivity contribution < 1.29 is 38.7 Å². The number of carboxylic acid groups (broad SMARTS) is 1. The zero-order valence-electron chi connectivity index (χ0n) is 13.6. The molecule has 0 atom stereocenters. The van der Waals surface area contributed by atoms with Gasteiger partial charge in [0.2, 0.25) is 0 Å². The number of nitrogens with two attached hydrogens (primary N) is 1. The molecular weight excluding hydrogens is 322 g/mol. The van der Waals surface area contributed by atoms with Gasteiger partial charge in [0, 0.05) is 0 Å². The number of hydrogen-bond donors (Lipinski definition) is 2. The van der Waals surface area contributed by atoms with E-state index in [9.17, 15) is 9.59 Å². The zero-order chi connectivity index (χ0) is 17.8. The van der Waals surface area contributed by atoms with E-state index in [1.807, 2.05) is 0 Å². The number of rotatable bonds is 2. The minimum atomic E-state index is -1.33. The summed E-state index contributed by atoms with van der Waals surface area (Å²) in [6.45, 7) is 0. The Morgan fingerprint density at radius 3 is 1.29 bits per heavy atom. The van der Waals surface area contributed by atoms with Crippen LogP contribution in [0.15, 0.2) is 0 Å². The van der Waals surface area contributed by atoms with Crippen molar-refractivity contribution in [2.75, 3.05) is 0 Å². The molecule has 0 radical (unpaired) electrons. The number of primary amides is 1. The first-order valence-electron chi connectivity index (χ1n) is 8.21. The number of amides is 1.